The van der Waals surface area contributed by atoms with Gasteiger partial charge in [-0.25, -0.2) is 17.9 Å². The van der Waals surface area contributed by atoms with Gasteiger partial charge >= 0.3 is 5.76 Å². The highest BCUT2D eigenvalue weighted by atomic mass is 32.2. The topological polar surface area (TPSA) is 118 Å². The summed E-state index contributed by atoms with van der Waals surface area (Å²) in [6.07, 6.45) is 2.85. The van der Waals surface area contributed by atoms with Crippen molar-refractivity contribution in [1.82, 2.24) is 19.1 Å². The van der Waals surface area contributed by atoms with Crippen molar-refractivity contribution in [3.63, 3.8) is 0 Å². The summed E-state index contributed by atoms with van der Waals surface area (Å²) in [5.74, 6) is -0.636. The molecule has 1 saturated heterocycles. The van der Waals surface area contributed by atoms with E-state index >= 15 is 0 Å². The van der Waals surface area contributed by atoms with E-state index in [0.29, 0.717) is 30.5 Å². The van der Waals surface area contributed by atoms with E-state index in [9.17, 15) is 18.0 Å². The Morgan fingerprint density at radius 3 is 2.92 bits per heavy atom. The second kappa shape index (κ2) is 6.22. The minimum Gasteiger partial charge on any atom is -0.408 e. The summed E-state index contributed by atoms with van der Waals surface area (Å²) in [6, 6.07) is 6.84. The van der Waals surface area contributed by atoms with Gasteiger partial charge in [-0.1, -0.05) is 0 Å². The average Bonchev–Trinajstić information content (AvgIpc) is 3.21. The number of oxazole rings is 1. The molecule has 0 bridgehead atoms. The van der Waals surface area contributed by atoms with Crippen LogP contribution in [0.15, 0.2) is 55.4 Å². The van der Waals surface area contributed by atoms with Crippen molar-refractivity contribution in [2.45, 2.75) is 30.3 Å². The van der Waals surface area contributed by atoms with Gasteiger partial charge in [-0.3, -0.25) is 9.78 Å². The summed E-state index contributed by atoms with van der Waals surface area (Å²) < 4.78 is 33.7. The number of hydrogen-bond donors (Lipinski definition) is 1. The van der Waals surface area contributed by atoms with Gasteiger partial charge in [0.15, 0.2) is 5.58 Å². The third-order valence-electron chi connectivity index (χ3n) is 4.49. The number of rotatable bonds is 4. The second-order valence-electron chi connectivity index (χ2n) is 6.13. The fourth-order valence-corrected chi connectivity index (χ4v) is 4.97. The van der Waals surface area contributed by atoms with Gasteiger partial charge in [0.1, 0.15) is 0 Å². The monoisotopic (exact) mass is 376 g/mol. The highest BCUT2D eigenvalue weighted by Crippen LogP contribution is 2.28. The number of hydrogen-bond acceptors (Lipinski definition) is 6. The predicted molar refractivity (Wildman–Crippen MR) is 92.2 cm³/mol. The molecule has 0 amide bonds. The lowest BCUT2D eigenvalue weighted by atomic mass is 10.2. The maximum Gasteiger partial charge on any atom is 0.417 e. The van der Waals surface area contributed by atoms with E-state index in [1.165, 1.54) is 39.4 Å². The lowest BCUT2D eigenvalue weighted by molar-refractivity contribution is 0.335. The Morgan fingerprint density at radius 1 is 1.27 bits per heavy atom. The first-order valence-corrected chi connectivity index (χ1v) is 9.56. The molecule has 9 nitrogen and oxygen atoms in total. The molecule has 0 spiro atoms. The predicted octanol–water partition coefficient (Wildman–Crippen LogP) is 0.531. The van der Waals surface area contributed by atoms with Crippen LogP contribution in [-0.4, -0.2) is 40.1 Å². The number of fused-ring (bicyclic) bond motifs is 1. The molecule has 26 heavy (non-hydrogen) atoms. The van der Waals surface area contributed by atoms with Gasteiger partial charge in [0.05, 0.1) is 17.0 Å². The average molecular weight is 376 g/mol. The quantitative estimate of drug-likeness (QED) is 0.710. The Hall–Kier alpha value is -2.72. The van der Waals surface area contributed by atoms with Crippen molar-refractivity contribution in [3.8, 4) is 0 Å². The highest BCUT2D eigenvalue weighted by molar-refractivity contribution is 7.89. The lowest BCUT2D eigenvalue weighted by Crippen LogP contribution is -2.40. The van der Waals surface area contributed by atoms with E-state index < -0.39 is 15.8 Å². The summed E-state index contributed by atoms with van der Waals surface area (Å²) in [6.45, 7) is 0.568. The Balaban J connectivity index is 1.68. The Morgan fingerprint density at radius 2 is 2.12 bits per heavy atom. The maximum atomic E-state index is 13.1. The van der Waals surface area contributed by atoms with Crippen molar-refractivity contribution in [3.05, 3.63) is 57.4 Å². The molecule has 10 heteroatoms. The van der Waals surface area contributed by atoms with E-state index in [4.69, 9.17) is 4.42 Å². The molecular weight excluding hydrogens is 360 g/mol. The third-order valence-corrected chi connectivity index (χ3v) is 6.44. The third kappa shape index (κ3) is 2.86. The van der Waals surface area contributed by atoms with Crippen molar-refractivity contribution in [2.24, 2.45) is 0 Å². The summed E-state index contributed by atoms with van der Waals surface area (Å²) >= 11 is 0. The van der Waals surface area contributed by atoms with Gasteiger partial charge < -0.3 is 4.42 Å². The van der Waals surface area contributed by atoms with Crippen LogP contribution >= 0.6 is 0 Å². The zero-order valence-electron chi connectivity index (χ0n) is 13.7. The van der Waals surface area contributed by atoms with E-state index in [1.54, 1.807) is 6.07 Å². The van der Waals surface area contributed by atoms with Crippen LogP contribution in [-0.2, 0) is 16.6 Å². The molecule has 1 N–H and O–H groups in total. The van der Waals surface area contributed by atoms with Crippen LogP contribution in [0.2, 0.25) is 0 Å². The molecule has 4 rings (SSSR count). The Labute approximate surface area is 147 Å². The molecule has 1 fully saturated rings. The first-order valence-electron chi connectivity index (χ1n) is 8.12. The van der Waals surface area contributed by atoms with E-state index in [0.717, 1.165) is 0 Å². The first-order chi connectivity index (χ1) is 12.4. The molecule has 0 radical (unpaired) electrons. The highest BCUT2D eigenvalue weighted by Gasteiger charge is 2.36. The summed E-state index contributed by atoms with van der Waals surface area (Å²) in [5, 5.41) is 4.01. The zero-order valence-corrected chi connectivity index (χ0v) is 14.5. The molecule has 1 atom stereocenters. The van der Waals surface area contributed by atoms with E-state index in [1.807, 2.05) is 0 Å². The Kier molecular flexibility index (Phi) is 4.00. The zero-order chi connectivity index (χ0) is 18.3. The fraction of sp³-hybridized carbons (Fsp3) is 0.312. The van der Waals surface area contributed by atoms with Crippen molar-refractivity contribution in [1.29, 1.82) is 0 Å². The molecule has 1 aliphatic heterocycles. The molecule has 2 aromatic heterocycles. The fourth-order valence-electron chi connectivity index (χ4n) is 3.26. The summed E-state index contributed by atoms with van der Waals surface area (Å²) in [4.78, 5) is 25.7. The Bertz CT molecular complexity index is 1180. The number of aromatic amines is 1. The van der Waals surface area contributed by atoms with Crippen LogP contribution in [0.4, 0.5) is 0 Å². The second-order valence-corrected chi connectivity index (χ2v) is 8.02. The lowest BCUT2D eigenvalue weighted by Gasteiger charge is -2.24. The molecule has 1 unspecified atom stereocenters. The van der Waals surface area contributed by atoms with Crippen LogP contribution in [0.5, 0.6) is 0 Å². The van der Waals surface area contributed by atoms with Gasteiger partial charge in [-0.05, 0) is 37.1 Å². The SMILES string of the molecule is O=c1[nH]c2cc(S(=O)(=O)N3CCCC3Cn3ncccc3=O)ccc2o1. The van der Waals surface area contributed by atoms with Crippen LogP contribution < -0.4 is 11.3 Å². The first kappa shape index (κ1) is 16.7. The minimum absolute atomic E-state index is 0.0716. The molecule has 1 aromatic carbocycles. The van der Waals surface area contributed by atoms with E-state index in [-0.39, 0.29) is 23.0 Å². The van der Waals surface area contributed by atoms with Gasteiger partial charge in [0.25, 0.3) is 5.56 Å². The maximum absolute atomic E-state index is 13.1. The number of nitrogens with zero attached hydrogens (tertiary/aromatic N) is 3. The number of aromatic nitrogens is 3. The van der Waals surface area contributed by atoms with Gasteiger partial charge in [0.2, 0.25) is 10.0 Å². The van der Waals surface area contributed by atoms with Crippen LogP contribution in [0.25, 0.3) is 11.1 Å². The molecule has 3 heterocycles. The molecule has 1 aliphatic rings. The van der Waals surface area contributed by atoms with E-state index in [2.05, 4.69) is 10.1 Å². The number of H-pyrrole nitrogens is 1. The van der Waals surface area contributed by atoms with Gasteiger partial charge in [-0.2, -0.15) is 9.40 Å². The standard InChI is InChI=1S/C16H16N4O5S/c21-15-4-1-7-17-19(15)10-11-3-2-8-20(11)26(23,24)12-5-6-14-13(9-12)18-16(22)25-14/h1,4-7,9,11H,2-3,8,10H2,(H,18,22). The molecular formula is C16H16N4O5S. The number of benzene rings is 1. The summed E-state index contributed by atoms with van der Waals surface area (Å²) in [5.41, 5.74) is 0.355. The number of nitrogens with one attached hydrogen (secondary N) is 1. The largest absolute Gasteiger partial charge is 0.417 e. The van der Waals surface area contributed by atoms with Crippen LogP contribution in [0.1, 0.15) is 12.8 Å². The molecule has 0 saturated carbocycles. The summed E-state index contributed by atoms with van der Waals surface area (Å²) in [7, 11) is -3.78. The minimum atomic E-state index is -3.78. The molecule has 3 aromatic rings. The van der Waals surface area contributed by atoms with Crippen LogP contribution in [0, 0.1) is 0 Å². The van der Waals surface area contributed by atoms with Gasteiger partial charge in [0, 0.05) is 24.8 Å². The normalized spacial score (nSPS) is 18.5. The van der Waals surface area contributed by atoms with Crippen molar-refractivity contribution >= 4 is 21.1 Å². The molecule has 136 valence electrons. The van der Waals surface area contributed by atoms with Crippen LogP contribution in [0.3, 0.4) is 0 Å². The van der Waals surface area contributed by atoms with Crippen molar-refractivity contribution < 1.29 is 12.8 Å². The smallest absolute Gasteiger partial charge is 0.408 e. The number of sulfonamides is 1. The molecule has 0 aliphatic carbocycles. The van der Waals surface area contributed by atoms with Gasteiger partial charge in [-0.15, -0.1) is 0 Å². The van der Waals surface area contributed by atoms with Crippen molar-refractivity contribution in [2.75, 3.05) is 6.54 Å².